The molecular weight excluding hydrogens is 160 g/mol. The molecule has 0 aromatic heterocycles. The second kappa shape index (κ2) is 4.42. The second-order valence-corrected chi connectivity index (χ2v) is 2.96. The first-order valence-electron chi connectivity index (χ1n) is 4.10. The summed E-state index contributed by atoms with van der Waals surface area (Å²) in [5.74, 6) is -0.400. The number of rotatable bonds is 3. The first-order valence-corrected chi connectivity index (χ1v) is 4.10. The molecule has 1 rings (SSSR count). The second-order valence-electron chi connectivity index (χ2n) is 2.96. The largest absolute Gasteiger partial charge is 0.458 e. The van der Waals surface area contributed by atoms with Gasteiger partial charge in [0.1, 0.15) is 12.7 Å². The Hall–Kier alpha value is -0.610. The van der Waals surface area contributed by atoms with Crippen LogP contribution in [0, 0.1) is 0 Å². The van der Waals surface area contributed by atoms with Gasteiger partial charge in [-0.1, -0.05) is 0 Å². The first kappa shape index (κ1) is 9.48. The van der Waals surface area contributed by atoms with Crippen LogP contribution in [0.4, 0.5) is 0 Å². The standard InChI is InChI=1S/C8H14O4/c1-11-5-8(10)12-7-4-2-3-6(7)9/h6-7,9H,2-5H2,1H3/t6-,7-/m0/s1. The highest BCUT2D eigenvalue weighted by Gasteiger charge is 2.28. The van der Waals surface area contributed by atoms with Gasteiger partial charge >= 0.3 is 5.97 Å². The molecular formula is C8H14O4. The molecule has 0 aromatic rings. The van der Waals surface area contributed by atoms with Crippen molar-refractivity contribution in [2.75, 3.05) is 13.7 Å². The highest BCUT2D eigenvalue weighted by molar-refractivity contribution is 5.70. The molecule has 4 heteroatoms. The molecule has 70 valence electrons. The topological polar surface area (TPSA) is 55.8 Å². The van der Waals surface area contributed by atoms with Gasteiger partial charge in [-0.15, -0.1) is 0 Å². The molecule has 1 saturated carbocycles. The molecule has 0 aromatic carbocycles. The number of hydrogen-bond acceptors (Lipinski definition) is 4. The quantitative estimate of drug-likeness (QED) is 0.616. The lowest BCUT2D eigenvalue weighted by atomic mass is 10.3. The predicted octanol–water partition coefficient (Wildman–Crippen LogP) is 0.0894. The van der Waals surface area contributed by atoms with Crippen molar-refractivity contribution >= 4 is 5.97 Å². The maximum atomic E-state index is 10.9. The van der Waals surface area contributed by atoms with E-state index in [1.54, 1.807) is 0 Å². The number of esters is 1. The fourth-order valence-electron chi connectivity index (χ4n) is 1.36. The lowest BCUT2D eigenvalue weighted by molar-refractivity contribution is -0.157. The first-order chi connectivity index (χ1) is 5.74. The minimum atomic E-state index is -0.481. The molecule has 0 unspecified atom stereocenters. The number of aliphatic hydroxyl groups excluding tert-OH is 1. The lowest BCUT2D eigenvalue weighted by Crippen LogP contribution is -2.27. The van der Waals surface area contributed by atoms with Crippen LogP contribution in [0.3, 0.4) is 0 Å². The fraction of sp³-hybridized carbons (Fsp3) is 0.875. The van der Waals surface area contributed by atoms with Crippen molar-refractivity contribution < 1.29 is 19.4 Å². The number of ether oxygens (including phenoxy) is 2. The molecule has 2 atom stereocenters. The summed E-state index contributed by atoms with van der Waals surface area (Å²) < 4.78 is 9.54. The summed E-state index contributed by atoms with van der Waals surface area (Å²) in [5.41, 5.74) is 0. The lowest BCUT2D eigenvalue weighted by Gasteiger charge is -2.14. The molecule has 0 heterocycles. The van der Waals surface area contributed by atoms with Gasteiger partial charge in [-0.05, 0) is 19.3 Å². The van der Waals surface area contributed by atoms with Crippen LogP contribution >= 0.6 is 0 Å². The number of carbonyl (C=O) groups is 1. The van der Waals surface area contributed by atoms with Gasteiger partial charge in [0.2, 0.25) is 0 Å². The van der Waals surface area contributed by atoms with E-state index in [1.807, 2.05) is 0 Å². The van der Waals surface area contributed by atoms with Crippen LogP contribution in [0.1, 0.15) is 19.3 Å². The molecule has 0 bridgehead atoms. The normalized spacial score (nSPS) is 28.8. The molecule has 4 nitrogen and oxygen atoms in total. The summed E-state index contributed by atoms with van der Waals surface area (Å²) in [7, 11) is 1.44. The van der Waals surface area contributed by atoms with Crippen molar-refractivity contribution in [2.45, 2.75) is 31.5 Å². The van der Waals surface area contributed by atoms with Gasteiger partial charge < -0.3 is 14.6 Å². The van der Waals surface area contributed by atoms with Crippen LogP contribution in [0.2, 0.25) is 0 Å². The Morgan fingerprint density at radius 2 is 2.33 bits per heavy atom. The summed E-state index contributed by atoms with van der Waals surface area (Å²) in [6.45, 7) is -0.0385. The molecule has 1 N–H and O–H groups in total. The molecule has 0 radical (unpaired) electrons. The van der Waals surface area contributed by atoms with E-state index in [0.29, 0.717) is 0 Å². The van der Waals surface area contributed by atoms with Crippen molar-refractivity contribution in [3.05, 3.63) is 0 Å². The molecule has 0 spiro atoms. The summed E-state index contributed by atoms with van der Waals surface area (Å²) in [6.07, 6.45) is 1.62. The number of aliphatic hydroxyl groups is 1. The van der Waals surface area contributed by atoms with E-state index in [1.165, 1.54) is 7.11 Å². The zero-order chi connectivity index (χ0) is 8.97. The van der Waals surface area contributed by atoms with Crippen LogP contribution in [-0.4, -0.2) is 37.0 Å². The highest BCUT2D eigenvalue weighted by atomic mass is 16.6. The van der Waals surface area contributed by atoms with Crippen LogP contribution in [0.5, 0.6) is 0 Å². The Labute approximate surface area is 71.5 Å². The number of carbonyl (C=O) groups excluding carboxylic acids is 1. The summed E-state index contributed by atoms with van der Waals surface area (Å²) >= 11 is 0. The highest BCUT2D eigenvalue weighted by Crippen LogP contribution is 2.21. The van der Waals surface area contributed by atoms with Crippen molar-refractivity contribution in [1.29, 1.82) is 0 Å². The number of hydrogen-bond donors (Lipinski definition) is 1. The Morgan fingerprint density at radius 1 is 1.58 bits per heavy atom. The predicted molar refractivity (Wildman–Crippen MR) is 41.6 cm³/mol. The maximum Gasteiger partial charge on any atom is 0.332 e. The van der Waals surface area contributed by atoms with Gasteiger partial charge in [0, 0.05) is 7.11 Å². The van der Waals surface area contributed by atoms with Gasteiger partial charge in [0.05, 0.1) is 6.10 Å². The van der Waals surface area contributed by atoms with Crippen molar-refractivity contribution in [3.63, 3.8) is 0 Å². The van der Waals surface area contributed by atoms with Gasteiger partial charge in [-0.2, -0.15) is 0 Å². The minimum absolute atomic E-state index is 0.0385. The fourth-order valence-corrected chi connectivity index (χ4v) is 1.36. The molecule has 0 amide bonds. The van der Waals surface area contributed by atoms with E-state index < -0.39 is 12.1 Å². The van der Waals surface area contributed by atoms with Gasteiger partial charge in [0.25, 0.3) is 0 Å². The third-order valence-electron chi connectivity index (χ3n) is 1.96. The monoisotopic (exact) mass is 174 g/mol. The van der Waals surface area contributed by atoms with Gasteiger partial charge in [-0.3, -0.25) is 0 Å². The minimum Gasteiger partial charge on any atom is -0.458 e. The molecule has 0 saturated heterocycles. The van der Waals surface area contributed by atoms with E-state index in [2.05, 4.69) is 4.74 Å². The van der Waals surface area contributed by atoms with Crippen LogP contribution in [0.15, 0.2) is 0 Å². The number of methoxy groups -OCH3 is 1. The third kappa shape index (κ3) is 2.46. The van der Waals surface area contributed by atoms with Crippen molar-refractivity contribution in [1.82, 2.24) is 0 Å². The van der Waals surface area contributed by atoms with E-state index in [4.69, 9.17) is 4.74 Å². The van der Waals surface area contributed by atoms with Crippen LogP contribution in [-0.2, 0) is 14.3 Å². The summed E-state index contributed by atoms with van der Waals surface area (Å²) in [5, 5.41) is 9.29. The van der Waals surface area contributed by atoms with E-state index in [0.717, 1.165) is 19.3 Å². The summed E-state index contributed by atoms with van der Waals surface area (Å²) in [4.78, 5) is 10.9. The average Bonchev–Trinajstić information content (AvgIpc) is 2.37. The Kier molecular flexibility index (Phi) is 3.49. The third-order valence-corrected chi connectivity index (χ3v) is 1.96. The zero-order valence-electron chi connectivity index (χ0n) is 7.16. The molecule has 1 aliphatic carbocycles. The van der Waals surface area contributed by atoms with Crippen molar-refractivity contribution in [3.8, 4) is 0 Å². The molecule has 12 heavy (non-hydrogen) atoms. The molecule has 1 aliphatic rings. The zero-order valence-corrected chi connectivity index (χ0v) is 7.16. The van der Waals surface area contributed by atoms with Crippen LogP contribution < -0.4 is 0 Å². The average molecular weight is 174 g/mol. The molecule has 1 fully saturated rings. The SMILES string of the molecule is COCC(=O)O[C@H]1CCC[C@@H]1O. The van der Waals surface area contributed by atoms with E-state index in [9.17, 15) is 9.90 Å². The van der Waals surface area contributed by atoms with Gasteiger partial charge in [-0.25, -0.2) is 4.79 Å². The Balaban J connectivity index is 2.25. The maximum absolute atomic E-state index is 10.9. The molecule has 0 aliphatic heterocycles. The smallest absolute Gasteiger partial charge is 0.332 e. The Bertz CT molecular complexity index is 157. The van der Waals surface area contributed by atoms with Crippen LogP contribution in [0.25, 0.3) is 0 Å². The summed E-state index contributed by atoms with van der Waals surface area (Å²) in [6, 6.07) is 0. The van der Waals surface area contributed by atoms with E-state index in [-0.39, 0.29) is 12.7 Å². The van der Waals surface area contributed by atoms with E-state index >= 15 is 0 Å². The van der Waals surface area contributed by atoms with Gasteiger partial charge in [0.15, 0.2) is 0 Å². The Morgan fingerprint density at radius 3 is 2.83 bits per heavy atom. The van der Waals surface area contributed by atoms with Crippen molar-refractivity contribution in [2.24, 2.45) is 0 Å².